The third-order valence-electron chi connectivity index (χ3n) is 5.89. The number of carbonyl (C=O) groups is 2. The number of aliphatic hydroxyl groups is 1. The van der Waals surface area contributed by atoms with Crippen LogP contribution in [0.3, 0.4) is 0 Å². The zero-order valence-corrected chi connectivity index (χ0v) is 11.6. The van der Waals surface area contributed by atoms with Gasteiger partial charge in [-0.05, 0) is 17.9 Å². The Labute approximate surface area is 116 Å². The first-order chi connectivity index (χ1) is 9.40. The summed E-state index contributed by atoms with van der Waals surface area (Å²) in [5, 5.41) is 10.6. The van der Waals surface area contributed by atoms with E-state index < -0.39 is 29.2 Å². The first kappa shape index (κ1) is 12.5. The standard InChI is InChI=1S/C15H18O5/c1-14(2)8-4-3-7-6-19-12-11(7)15(8,13(18)20-12)10(17)5-9(14)16/h3,8,10-12,17H,4-6H2,1-2H3/t8-,10-,11+,12+,15-/m0/s1. The molecule has 0 aromatic heterocycles. The van der Waals surface area contributed by atoms with Crippen molar-refractivity contribution in [3.8, 4) is 0 Å². The lowest BCUT2D eigenvalue weighted by atomic mass is 9.47. The Kier molecular flexibility index (Phi) is 2.20. The molecular weight excluding hydrogens is 260 g/mol. The molecule has 0 aromatic rings. The minimum atomic E-state index is -0.997. The number of ether oxygens (including phenoxy) is 2. The normalized spacial score (nSPS) is 48.5. The molecule has 2 heterocycles. The molecule has 5 heteroatoms. The van der Waals surface area contributed by atoms with Crippen LogP contribution in [-0.2, 0) is 19.1 Å². The number of ketones is 1. The fourth-order valence-electron chi connectivity index (χ4n) is 4.79. The molecule has 0 bridgehead atoms. The second-order valence-corrected chi connectivity index (χ2v) is 6.93. The molecule has 20 heavy (non-hydrogen) atoms. The van der Waals surface area contributed by atoms with Crippen LogP contribution in [0.15, 0.2) is 11.6 Å². The number of carbonyl (C=O) groups excluding carboxylic acids is 2. The van der Waals surface area contributed by atoms with Gasteiger partial charge in [0.25, 0.3) is 0 Å². The van der Waals surface area contributed by atoms with Gasteiger partial charge in [0.2, 0.25) is 6.29 Å². The Bertz CT molecular complexity index is 548. The zero-order valence-electron chi connectivity index (χ0n) is 11.6. The lowest BCUT2D eigenvalue weighted by Crippen LogP contribution is -2.62. The molecule has 5 nitrogen and oxygen atoms in total. The molecule has 4 aliphatic rings. The summed E-state index contributed by atoms with van der Waals surface area (Å²) in [5.41, 5.74) is -0.582. The third kappa shape index (κ3) is 1.13. The van der Waals surface area contributed by atoms with Crippen molar-refractivity contribution in [2.45, 2.75) is 39.1 Å². The topological polar surface area (TPSA) is 72.8 Å². The van der Waals surface area contributed by atoms with Crippen LogP contribution in [0, 0.1) is 22.7 Å². The lowest BCUT2D eigenvalue weighted by Gasteiger charge is -2.53. The van der Waals surface area contributed by atoms with Crippen molar-refractivity contribution in [3.05, 3.63) is 11.6 Å². The molecule has 4 rings (SSSR count). The van der Waals surface area contributed by atoms with E-state index in [1.165, 1.54) is 0 Å². The molecule has 1 spiro atoms. The predicted molar refractivity (Wildman–Crippen MR) is 67.4 cm³/mol. The van der Waals surface area contributed by atoms with Gasteiger partial charge < -0.3 is 14.6 Å². The summed E-state index contributed by atoms with van der Waals surface area (Å²) >= 11 is 0. The monoisotopic (exact) mass is 278 g/mol. The Hall–Kier alpha value is -1.20. The number of hydrogen-bond acceptors (Lipinski definition) is 5. The fourth-order valence-corrected chi connectivity index (χ4v) is 4.79. The van der Waals surface area contributed by atoms with E-state index in [0.29, 0.717) is 13.0 Å². The van der Waals surface area contributed by atoms with Gasteiger partial charge in [0.15, 0.2) is 0 Å². The third-order valence-corrected chi connectivity index (χ3v) is 5.89. The van der Waals surface area contributed by atoms with Crippen molar-refractivity contribution in [2.24, 2.45) is 22.7 Å². The molecule has 3 fully saturated rings. The van der Waals surface area contributed by atoms with E-state index in [2.05, 4.69) is 6.08 Å². The summed E-state index contributed by atoms with van der Waals surface area (Å²) in [6.45, 7) is 4.21. The summed E-state index contributed by atoms with van der Waals surface area (Å²) in [6.07, 6.45) is 1.15. The highest BCUT2D eigenvalue weighted by Gasteiger charge is 2.73. The molecule has 0 aromatic carbocycles. The Morgan fingerprint density at radius 2 is 2.10 bits per heavy atom. The summed E-state index contributed by atoms with van der Waals surface area (Å²) in [7, 11) is 0. The van der Waals surface area contributed by atoms with Gasteiger partial charge in [-0.1, -0.05) is 19.9 Å². The van der Waals surface area contributed by atoms with E-state index in [-0.39, 0.29) is 24.0 Å². The first-order valence-corrected chi connectivity index (χ1v) is 7.13. The minimum absolute atomic E-state index is 0.0210. The molecule has 108 valence electrons. The molecule has 1 N–H and O–H groups in total. The molecule has 2 aliphatic heterocycles. The Balaban J connectivity index is 1.94. The van der Waals surface area contributed by atoms with Gasteiger partial charge in [-0.3, -0.25) is 9.59 Å². The largest absolute Gasteiger partial charge is 0.435 e. The van der Waals surface area contributed by atoms with Crippen LogP contribution >= 0.6 is 0 Å². The van der Waals surface area contributed by atoms with Crippen LogP contribution in [0.2, 0.25) is 0 Å². The van der Waals surface area contributed by atoms with Gasteiger partial charge in [-0.2, -0.15) is 0 Å². The first-order valence-electron chi connectivity index (χ1n) is 7.13. The number of rotatable bonds is 0. The summed E-state index contributed by atoms with van der Waals surface area (Å²) in [4.78, 5) is 24.8. The number of hydrogen-bond donors (Lipinski definition) is 1. The van der Waals surface area contributed by atoms with Gasteiger partial charge in [0.1, 0.15) is 11.2 Å². The van der Waals surface area contributed by atoms with Crippen molar-refractivity contribution < 1.29 is 24.2 Å². The van der Waals surface area contributed by atoms with Crippen molar-refractivity contribution in [2.75, 3.05) is 6.61 Å². The van der Waals surface area contributed by atoms with E-state index in [0.717, 1.165) is 5.57 Å². The van der Waals surface area contributed by atoms with Crippen LogP contribution in [0.4, 0.5) is 0 Å². The average Bonchev–Trinajstić information content (AvgIpc) is 2.91. The maximum atomic E-state index is 12.6. The van der Waals surface area contributed by atoms with E-state index in [9.17, 15) is 14.7 Å². The van der Waals surface area contributed by atoms with Crippen molar-refractivity contribution in [1.82, 2.24) is 0 Å². The summed E-state index contributed by atoms with van der Waals surface area (Å²) in [6, 6.07) is 0. The van der Waals surface area contributed by atoms with Crippen LogP contribution in [0.5, 0.6) is 0 Å². The van der Waals surface area contributed by atoms with E-state index >= 15 is 0 Å². The van der Waals surface area contributed by atoms with Crippen LogP contribution in [0.1, 0.15) is 26.7 Å². The smallest absolute Gasteiger partial charge is 0.318 e. The Morgan fingerprint density at radius 1 is 1.35 bits per heavy atom. The molecule has 5 atom stereocenters. The highest BCUT2D eigenvalue weighted by molar-refractivity contribution is 5.92. The zero-order chi connectivity index (χ0) is 14.3. The second-order valence-electron chi connectivity index (χ2n) is 6.93. The van der Waals surface area contributed by atoms with Gasteiger partial charge in [0.05, 0.1) is 18.6 Å². The molecule has 0 amide bonds. The quantitative estimate of drug-likeness (QED) is 0.524. The summed E-state index contributed by atoms with van der Waals surface area (Å²) in [5.74, 6) is -0.821. The molecule has 0 unspecified atom stereocenters. The molecule has 1 saturated carbocycles. The van der Waals surface area contributed by atoms with Crippen LogP contribution in [-0.4, -0.2) is 35.9 Å². The predicted octanol–water partition coefficient (Wildman–Crippen LogP) is 0.808. The van der Waals surface area contributed by atoms with E-state index in [4.69, 9.17) is 9.47 Å². The van der Waals surface area contributed by atoms with Gasteiger partial charge >= 0.3 is 5.97 Å². The minimum Gasteiger partial charge on any atom is -0.435 e. The summed E-state index contributed by atoms with van der Waals surface area (Å²) < 4.78 is 10.9. The number of Topliss-reactive ketones (excluding diaryl/α,β-unsaturated/α-hetero) is 1. The fraction of sp³-hybridized carbons (Fsp3) is 0.733. The van der Waals surface area contributed by atoms with Crippen molar-refractivity contribution in [3.63, 3.8) is 0 Å². The highest BCUT2D eigenvalue weighted by atomic mass is 16.7. The van der Waals surface area contributed by atoms with Crippen LogP contribution < -0.4 is 0 Å². The number of aliphatic hydroxyl groups excluding tert-OH is 1. The molecule has 2 saturated heterocycles. The molecular formula is C15H18O5. The van der Waals surface area contributed by atoms with E-state index in [1.807, 2.05) is 13.8 Å². The number of esters is 1. The molecule has 0 radical (unpaired) electrons. The number of allylic oxidation sites excluding steroid dienone is 1. The maximum absolute atomic E-state index is 12.6. The SMILES string of the molecule is CC1(C)C(=O)C[C@H](O)[C@@]23C(=O)O[C@H]4OCC(=CC[C@@H]12)[C@H]43. The highest BCUT2D eigenvalue weighted by Crippen LogP contribution is 2.64. The Morgan fingerprint density at radius 3 is 2.85 bits per heavy atom. The lowest BCUT2D eigenvalue weighted by molar-refractivity contribution is -0.179. The van der Waals surface area contributed by atoms with Crippen molar-refractivity contribution in [1.29, 1.82) is 0 Å². The van der Waals surface area contributed by atoms with Gasteiger partial charge in [-0.15, -0.1) is 0 Å². The second kappa shape index (κ2) is 3.52. The van der Waals surface area contributed by atoms with E-state index in [1.54, 1.807) is 0 Å². The van der Waals surface area contributed by atoms with Gasteiger partial charge in [0, 0.05) is 11.8 Å². The maximum Gasteiger partial charge on any atom is 0.318 e. The van der Waals surface area contributed by atoms with Crippen molar-refractivity contribution >= 4 is 11.8 Å². The average molecular weight is 278 g/mol. The molecule has 2 aliphatic carbocycles. The van der Waals surface area contributed by atoms with Gasteiger partial charge in [-0.25, -0.2) is 0 Å². The van der Waals surface area contributed by atoms with Crippen LogP contribution in [0.25, 0.3) is 0 Å².